The zero-order valence-electron chi connectivity index (χ0n) is 7.88. The van der Waals surface area contributed by atoms with Crippen molar-refractivity contribution in [3.8, 4) is 0 Å². The Morgan fingerprint density at radius 3 is 3.00 bits per heavy atom. The Labute approximate surface area is 78.4 Å². The molecule has 1 fully saturated rings. The summed E-state index contributed by atoms with van der Waals surface area (Å²) in [5, 5.41) is 3.41. The third-order valence-electron chi connectivity index (χ3n) is 2.32. The van der Waals surface area contributed by atoms with Gasteiger partial charge in [-0.1, -0.05) is 0 Å². The second-order valence-corrected chi connectivity index (χ2v) is 3.68. The highest BCUT2D eigenvalue weighted by molar-refractivity contribution is 5.46. The molecular formula is C10H15N3. The third kappa shape index (κ3) is 2.18. The Morgan fingerprint density at radius 2 is 2.38 bits per heavy atom. The van der Waals surface area contributed by atoms with Crippen molar-refractivity contribution >= 4 is 5.69 Å². The summed E-state index contributed by atoms with van der Waals surface area (Å²) < 4.78 is 0. The van der Waals surface area contributed by atoms with Crippen LogP contribution in [-0.2, 0) is 6.54 Å². The van der Waals surface area contributed by atoms with Gasteiger partial charge in [0, 0.05) is 35.7 Å². The summed E-state index contributed by atoms with van der Waals surface area (Å²) in [6.45, 7) is 2.80. The van der Waals surface area contributed by atoms with Crippen LogP contribution in [0.15, 0.2) is 12.3 Å². The molecule has 3 N–H and O–H groups in total. The third-order valence-corrected chi connectivity index (χ3v) is 2.32. The van der Waals surface area contributed by atoms with Crippen molar-refractivity contribution in [2.45, 2.75) is 32.4 Å². The molecule has 0 saturated heterocycles. The van der Waals surface area contributed by atoms with Gasteiger partial charge in [-0.3, -0.25) is 4.98 Å². The molecule has 13 heavy (non-hydrogen) atoms. The van der Waals surface area contributed by atoms with Crippen molar-refractivity contribution in [1.82, 2.24) is 10.3 Å². The molecule has 0 unspecified atom stereocenters. The monoisotopic (exact) mass is 177 g/mol. The lowest BCUT2D eigenvalue weighted by Gasteiger charge is -2.06. The highest BCUT2D eigenvalue weighted by atomic mass is 14.9. The van der Waals surface area contributed by atoms with E-state index in [1.165, 1.54) is 12.8 Å². The first kappa shape index (κ1) is 8.51. The largest absolute Gasteiger partial charge is 0.398 e. The summed E-state index contributed by atoms with van der Waals surface area (Å²) >= 11 is 0. The predicted octanol–water partition coefficient (Wildman–Crippen LogP) is 1.22. The topological polar surface area (TPSA) is 50.9 Å². The van der Waals surface area contributed by atoms with Crippen molar-refractivity contribution in [2.75, 3.05) is 5.73 Å². The first-order valence-corrected chi connectivity index (χ1v) is 4.70. The van der Waals surface area contributed by atoms with E-state index in [1.807, 2.05) is 19.2 Å². The number of nitrogen functional groups attached to an aromatic ring is 1. The number of pyridine rings is 1. The van der Waals surface area contributed by atoms with Crippen LogP contribution >= 0.6 is 0 Å². The van der Waals surface area contributed by atoms with Gasteiger partial charge in [0.1, 0.15) is 0 Å². The first-order chi connectivity index (χ1) is 6.25. The summed E-state index contributed by atoms with van der Waals surface area (Å²) in [4.78, 5) is 4.22. The van der Waals surface area contributed by atoms with Gasteiger partial charge in [-0.25, -0.2) is 0 Å². The lowest BCUT2D eigenvalue weighted by Crippen LogP contribution is -2.16. The van der Waals surface area contributed by atoms with Crippen LogP contribution in [0.2, 0.25) is 0 Å². The summed E-state index contributed by atoms with van der Waals surface area (Å²) in [5.41, 5.74) is 8.78. The molecule has 1 aliphatic rings. The van der Waals surface area contributed by atoms with Crippen molar-refractivity contribution < 1.29 is 0 Å². The van der Waals surface area contributed by atoms with E-state index in [1.54, 1.807) is 0 Å². The summed E-state index contributed by atoms with van der Waals surface area (Å²) in [7, 11) is 0. The van der Waals surface area contributed by atoms with Gasteiger partial charge in [-0.2, -0.15) is 0 Å². The van der Waals surface area contributed by atoms with Gasteiger partial charge in [0.05, 0.1) is 0 Å². The number of hydrogen-bond donors (Lipinski definition) is 2. The zero-order valence-corrected chi connectivity index (χ0v) is 7.88. The smallest absolute Gasteiger partial charge is 0.0393 e. The van der Waals surface area contributed by atoms with Crippen LogP contribution in [-0.4, -0.2) is 11.0 Å². The normalized spacial score (nSPS) is 16.1. The molecule has 2 rings (SSSR count). The van der Waals surface area contributed by atoms with Crippen molar-refractivity contribution in [1.29, 1.82) is 0 Å². The lowest BCUT2D eigenvalue weighted by molar-refractivity contribution is 0.687. The van der Waals surface area contributed by atoms with Gasteiger partial charge in [0.2, 0.25) is 0 Å². The fourth-order valence-electron chi connectivity index (χ4n) is 1.30. The highest BCUT2D eigenvalue weighted by Gasteiger charge is 2.20. The van der Waals surface area contributed by atoms with E-state index >= 15 is 0 Å². The van der Waals surface area contributed by atoms with E-state index in [4.69, 9.17) is 5.73 Å². The van der Waals surface area contributed by atoms with E-state index in [2.05, 4.69) is 10.3 Å². The maximum atomic E-state index is 5.85. The number of aryl methyl sites for hydroxylation is 1. The van der Waals surface area contributed by atoms with Gasteiger partial charge in [0.25, 0.3) is 0 Å². The molecular weight excluding hydrogens is 162 g/mol. The maximum absolute atomic E-state index is 5.85. The number of nitrogens with one attached hydrogen (secondary N) is 1. The predicted molar refractivity (Wildman–Crippen MR) is 53.2 cm³/mol. The molecule has 1 saturated carbocycles. The van der Waals surface area contributed by atoms with Gasteiger partial charge >= 0.3 is 0 Å². The second-order valence-electron chi connectivity index (χ2n) is 3.68. The molecule has 1 aromatic heterocycles. The van der Waals surface area contributed by atoms with E-state index in [0.29, 0.717) is 0 Å². The van der Waals surface area contributed by atoms with E-state index < -0.39 is 0 Å². The number of nitrogens with two attached hydrogens (primary N) is 1. The van der Waals surface area contributed by atoms with Gasteiger partial charge in [-0.05, 0) is 25.8 Å². The molecule has 0 bridgehead atoms. The molecule has 70 valence electrons. The van der Waals surface area contributed by atoms with Crippen molar-refractivity contribution in [2.24, 2.45) is 0 Å². The Morgan fingerprint density at radius 1 is 1.62 bits per heavy atom. The highest BCUT2D eigenvalue weighted by Crippen LogP contribution is 2.20. The SMILES string of the molecule is Cc1cc(N)c(CNC2CC2)cn1. The van der Waals surface area contributed by atoms with Crippen LogP contribution in [0.5, 0.6) is 0 Å². The van der Waals surface area contributed by atoms with Gasteiger partial charge in [0.15, 0.2) is 0 Å². The van der Waals surface area contributed by atoms with E-state index in [9.17, 15) is 0 Å². The molecule has 1 heterocycles. The van der Waals surface area contributed by atoms with Crippen molar-refractivity contribution in [3.05, 3.63) is 23.5 Å². The number of anilines is 1. The van der Waals surface area contributed by atoms with Crippen LogP contribution in [0.4, 0.5) is 5.69 Å². The molecule has 0 radical (unpaired) electrons. The minimum Gasteiger partial charge on any atom is -0.398 e. The molecule has 1 aromatic rings. The summed E-state index contributed by atoms with van der Waals surface area (Å²) in [6.07, 6.45) is 4.47. The molecule has 0 aliphatic heterocycles. The van der Waals surface area contributed by atoms with Gasteiger partial charge < -0.3 is 11.1 Å². The molecule has 1 aliphatic carbocycles. The van der Waals surface area contributed by atoms with Crippen LogP contribution in [0.3, 0.4) is 0 Å². The Kier molecular flexibility index (Phi) is 2.19. The summed E-state index contributed by atoms with van der Waals surface area (Å²) in [5.74, 6) is 0. The number of aromatic nitrogens is 1. The van der Waals surface area contributed by atoms with Crippen LogP contribution in [0, 0.1) is 6.92 Å². The molecule has 0 atom stereocenters. The zero-order chi connectivity index (χ0) is 9.26. The Bertz CT molecular complexity index is 305. The average Bonchev–Trinajstić information content (AvgIpc) is 2.86. The molecule has 3 nitrogen and oxygen atoms in total. The minimum atomic E-state index is 0.723. The first-order valence-electron chi connectivity index (χ1n) is 4.70. The maximum Gasteiger partial charge on any atom is 0.0393 e. The Balaban J connectivity index is 2.01. The van der Waals surface area contributed by atoms with Crippen LogP contribution in [0.25, 0.3) is 0 Å². The summed E-state index contributed by atoms with van der Waals surface area (Å²) in [6, 6.07) is 2.64. The lowest BCUT2D eigenvalue weighted by atomic mass is 10.2. The second kappa shape index (κ2) is 3.34. The van der Waals surface area contributed by atoms with Crippen molar-refractivity contribution in [3.63, 3.8) is 0 Å². The van der Waals surface area contributed by atoms with Gasteiger partial charge in [-0.15, -0.1) is 0 Å². The van der Waals surface area contributed by atoms with E-state index in [-0.39, 0.29) is 0 Å². The molecule has 0 spiro atoms. The standard InChI is InChI=1S/C10H15N3/c1-7-4-10(11)8(5-12-7)6-13-9-2-3-9/h4-5,9,13H,2-3,6H2,1H3,(H2,11,12). The van der Waals surface area contributed by atoms with E-state index in [0.717, 1.165) is 29.5 Å². The molecule has 0 amide bonds. The number of nitrogens with zero attached hydrogens (tertiary/aromatic N) is 1. The molecule has 3 heteroatoms. The fourth-order valence-corrected chi connectivity index (χ4v) is 1.30. The average molecular weight is 177 g/mol. The number of rotatable bonds is 3. The van der Waals surface area contributed by atoms with Crippen LogP contribution < -0.4 is 11.1 Å². The quantitative estimate of drug-likeness (QED) is 0.730. The Hall–Kier alpha value is -1.09. The fraction of sp³-hybridized carbons (Fsp3) is 0.500. The molecule has 0 aromatic carbocycles. The van der Waals surface area contributed by atoms with Crippen LogP contribution in [0.1, 0.15) is 24.1 Å². The minimum absolute atomic E-state index is 0.723. The number of hydrogen-bond acceptors (Lipinski definition) is 3.